The van der Waals surface area contributed by atoms with E-state index in [2.05, 4.69) is 46.4 Å². The van der Waals surface area contributed by atoms with Crippen LogP contribution in [0.2, 0.25) is 10.0 Å². The van der Waals surface area contributed by atoms with Gasteiger partial charge in [0.15, 0.2) is 0 Å². The molecule has 1 aromatic heterocycles. The van der Waals surface area contributed by atoms with Gasteiger partial charge in [-0.05, 0) is 106 Å². The number of benzene rings is 2. The summed E-state index contributed by atoms with van der Waals surface area (Å²) in [5.74, 6) is 1.34. The summed E-state index contributed by atoms with van der Waals surface area (Å²) < 4.78 is 0. The van der Waals surface area contributed by atoms with E-state index in [9.17, 15) is 4.79 Å². The number of likely N-dealkylation sites (tertiary alicyclic amines) is 1. The highest BCUT2D eigenvalue weighted by Gasteiger charge is 2.28. The number of rotatable bonds is 6. The van der Waals surface area contributed by atoms with Crippen LogP contribution < -0.4 is 5.32 Å². The summed E-state index contributed by atoms with van der Waals surface area (Å²) in [6, 6.07) is 14.3. The van der Waals surface area contributed by atoms with E-state index in [1.807, 2.05) is 6.07 Å². The molecule has 0 spiro atoms. The van der Waals surface area contributed by atoms with Crippen molar-refractivity contribution >= 4 is 46.1 Å². The van der Waals surface area contributed by atoms with E-state index in [1.165, 1.54) is 67.5 Å². The molecule has 0 atom stereocenters. The number of H-pyrrole nitrogens is 1. The van der Waals surface area contributed by atoms with Gasteiger partial charge in [-0.2, -0.15) is 0 Å². The predicted molar refractivity (Wildman–Crippen MR) is 151 cm³/mol. The second kappa shape index (κ2) is 11.4. The zero-order valence-corrected chi connectivity index (χ0v) is 22.4. The van der Waals surface area contributed by atoms with Crippen LogP contribution in [-0.4, -0.2) is 41.5 Å². The van der Waals surface area contributed by atoms with E-state index < -0.39 is 0 Å². The Morgan fingerprint density at radius 1 is 1.03 bits per heavy atom. The summed E-state index contributed by atoms with van der Waals surface area (Å²) in [7, 11) is 0. The Hall–Kier alpha value is -2.27. The van der Waals surface area contributed by atoms with Gasteiger partial charge in [-0.3, -0.25) is 4.79 Å². The molecular weight excluding hydrogens is 489 g/mol. The number of para-hydroxylation sites is 1. The highest BCUT2D eigenvalue weighted by atomic mass is 35.5. The average molecular weight is 525 g/mol. The average Bonchev–Trinajstić information content (AvgIpc) is 3.22. The second-order valence-electron chi connectivity index (χ2n) is 10.5. The van der Waals surface area contributed by atoms with Crippen LogP contribution in [0.15, 0.2) is 48.5 Å². The van der Waals surface area contributed by atoms with Gasteiger partial charge in [0.2, 0.25) is 5.91 Å². The van der Waals surface area contributed by atoms with Crippen molar-refractivity contribution in [1.29, 1.82) is 0 Å². The predicted octanol–water partition coefficient (Wildman–Crippen LogP) is 7.35. The molecule has 1 saturated carbocycles. The molecule has 2 aromatic carbocycles. The first kappa shape index (κ1) is 25.4. The Labute approximate surface area is 224 Å². The van der Waals surface area contributed by atoms with E-state index in [0.717, 1.165) is 24.3 Å². The van der Waals surface area contributed by atoms with Crippen LogP contribution in [0.3, 0.4) is 0 Å². The number of nitrogens with zero attached hydrogens (tertiary/aromatic N) is 1. The lowest BCUT2D eigenvalue weighted by Crippen LogP contribution is -2.41. The SMILES string of the molecule is Cc1[nH]c2ccccc2c1C1CCN(CC2CCC(NC(=O)/C=C/c3ccc(Cl)c(Cl)c3)CC2)CC1. The van der Waals surface area contributed by atoms with Crippen LogP contribution in [0.4, 0.5) is 0 Å². The lowest BCUT2D eigenvalue weighted by molar-refractivity contribution is -0.117. The minimum atomic E-state index is -0.0424. The maximum absolute atomic E-state index is 12.4. The first-order chi connectivity index (χ1) is 17.5. The van der Waals surface area contributed by atoms with Gasteiger partial charge in [0.25, 0.3) is 0 Å². The Kier molecular flexibility index (Phi) is 8.05. The standard InChI is InChI=1S/C30H35Cl2N3O/c1-20-30(25-4-2-3-5-28(25)33-20)23-14-16-35(17-15-23)19-22-6-10-24(11-7-22)34-29(36)13-9-21-8-12-26(31)27(32)18-21/h2-5,8-9,12-13,18,22-24,33H,6-7,10-11,14-17,19H2,1H3,(H,34,36)/b13-9+. The van der Waals surface area contributed by atoms with Crippen LogP contribution >= 0.6 is 23.2 Å². The zero-order chi connectivity index (χ0) is 25.1. The number of halogens is 2. The monoisotopic (exact) mass is 523 g/mol. The molecule has 6 heteroatoms. The van der Waals surface area contributed by atoms with Gasteiger partial charge in [0.05, 0.1) is 10.0 Å². The van der Waals surface area contributed by atoms with Crippen molar-refractivity contribution < 1.29 is 4.79 Å². The largest absolute Gasteiger partial charge is 0.358 e. The fourth-order valence-corrected chi connectivity index (χ4v) is 6.43. The van der Waals surface area contributed by atoms with E-state index >= 15 is 0 Å². The van der Waals surface area contributed by atoms with E-state index in [0.29, 0.717) is 16.0 Å². The summed E-state index contributed by atoms with van der Waals surface area (Å²) in [5, 5.41) is 5.60. The van der Waals surface area contributed by atoms with Crippen LogP contribution in [0.1, 0.15) is 61.3 Å². The topological polar surface area (TPSA) is 48.1 Å². The lowest BCUT2D eigenvalue weighted by atomic mass is 9.84. The summed E-state index contributed by atoms with van der Waals surface area (Å²) in [4.78, 5) is 18.7. The van der Waals surface area contributed by atoms with Crippen molar-refractivity contribution in [2.45, 2.75) is 57.4 Å². The number of amides is 1. The number of carbonyl (C=O) groups is 1. The zero-order valence-electron chi connectivity index (χ0n) is 20.9. The van der Waals surface area contributed by atoms with E-state index in [4.69, 9.17) is 23.2 Å². The number of hydrogen-bond donors (Lipinski definition) is 2. The normalized spacial score (nSPS) is 21.9. The Morgan fingerprint density at radius 2 is 1.78 bits per heavy atom. The van der Waals surface area contributed by atoms with Gasteiger partial charge in [0.1, 0.15) is 0 Å². The minimum Gasteiger partial charge on any atom is -0.358 e. The molecule has 4 nitrogen and oxygen atoms in total. The molecule has 3 aromatic rings. The molecular formula is C30H35Cl2N3O. The Bertz CT molecular complexity index is 1230. The number of hydrogen-bond acceptors (Lipinski definition) is 2. The molecule has 1 saturated heterocycles. The summed E-state index contributed by atoms with van der Waals surface area (Å²) in [6.07, 6.45) is 10.3. The van der Waals surface area contributed by atoms with E-state index in [1.54, 1.807) is 24.3 Å². The fourth-order valence-electron chi connectivity index (χ4n) is 6.12. The molecule has 2 fully saturated rings. The molecule has 0 radical (unpaired) electrons. The molecule has 0 unspecified atom stereocenters. The number of aryl methyl sites for hydroxylation is 1. The van der Waals surface area contributed by atoms with Gasteiger partial charge >= 0.3 is 0 Å². The van der Waals surface area contributed by atoms with Crippen LogP contribution in [0.25, 0.3) is 17.0 Å². The number of carbonyl (C=O) groups excluding carboxylic acids is 1. The smallest absolute Gasteiger partial charge is 0.244 e. The van der Waals surface area contributed by atoms with Gasteiger partial charge in [0, 0.05) is 35.3 Å². The molecule has 2 aliphatic rings. The van der Waals surface area contributed by atoms with Gasteiger partial charge in [-0.15, -0.1) is 0 Å². The first-order valence-electron chi connectivity index (χ1n) is 13.2. The maximum atomic E-state index is 12.4. The van der Waals surface area contributed by atoms with Gasteiger partial charge < -0.3 is 15.2 Å². The van der Waals surface area contributed by atoms with Crippen LogP contribution in [0, 0.1) is 12.8 Å². The van der Waals surface area contributed by atoms with Crippen molar-refractivity contribution in [1.82, 2.24) is 15.2 Å². The molecule has 36 heavy (non-hydrogen) atoms. The highest BCUT2D eigenvalue weighted by molar-refractivity contribution is 6.42. The van der Waals surface area contributed by atoms with E-state index in [-0.39, 0.29) is 11.9 Å². The molecule has 1 amide bonds. The molecule has 0 bridgehead atoms. The number of nitrogens with one attached hydrogen (secondary N) is 2. The quantitative estimate of drug-likeness (QED) is 0.331. The number of aromatic amines is 1. The van der Waals surface area contributed by atoms with Crippen LogP contribution in [-0.2, 0) is 4.79 Å². The van der Waals surface area contributed by atoms with Crippen molar-refractivity contribution in [2.24, 2.45) is 5.92 Å². The Morgan fingerprint density at radius 3 is 2.53 bits per heavy atom. The minimum absolute atomic E-state index is 0.0424. The Balaban J connectivity index is 1.05. The summed E-state index contributed by atoms with van der Waals surface area (Å²) in [5.41, 5.74) is 5.00. The third-order valence-electron chi connectivity index (χ3n) is 8.02. The molecule has 190 valence electrons. The summed E-state index contributed by atoms with van der Waals surface area (Å²) >= 11 is 12.0. The number of piperidine rings is 1. The molecule has 2 N–H and O–H groups in total. The van der Waals surface area contributed by atoms with Crippen molar-refractivity contribution in [3.8, 4) is 0 Å². The third-order valence-corrected chi connectivity index (χ3v) is 8.76. The lowest BCUT2D eigenvalue weighted by Gasteiger charge is -2.37. The molecule has 5 rings (SSSR count). The van der Waals surface area contributed by atoms with Gasteiger partial charge in [-0.1, -0.05) is 47.5 Å². The van der Waals surface area contributed by atoms with Crippen LogP contribution in [0.5, 0.6) is 0 Å². The highest BCUT2D eigenvalue weighted by Crippen LogP contribution is 2.36. The van der Waals surface area contributed by atoms with Crippen molar-refractivity contribution in [3.63, 3.8) is 0 Å². The van der Waals surface area contributed by atoms with Crippen molar-refractivity contribution in [3.05, 3.63) is 75.4 Å². The molecule has 2 heterocycles. The summed E-state index contributed by atoms with van der Waals surface area (Å²) in [6.45, 7) is 5.78. The molecule has 1 aliphatic carbocycles. The first-order valence-corrected chi connectivity index (χ1v) is 13.9. The van der Waals surface area contributed by atoms with Gasteiger partial charge in [-0.25, -0.2) is 0 Å². The number of fused-ring (bicyclic) bond motifs is 1. The third kappa shape index (κ3) is 5.99. The molecule has 1 aliphatic heterocycles. The number of aromatic nitrogens is 1. The second-order valence-corrected chi connectivity index (χ2v) is 11.3. The van der Waals surface area contributed by atoms with Crippen molar-refractivity contribution in [2.75, 3.05) is 19.6 Å². The maximum Gasteiger partial charge on any atom is 0.244 e. The fraction of sp³-hybridized carbons (Fsp3) is 0.433.